The summed E-state index contributed by atoms with van der Waals surface area (Å²) >= 11 is 9.54. The fourth-order valence-corrected chi connectivity index (χ4v) is 2.78. The van der Waals surface area contributed by atoms with Crippen molar-refractivity contribution in [2.75, 3.05) is 0 Å². The first-order chi connectivity index (χ1) is 8.97. The van der Waals surface area contributed by atoms with Gasteiger partial charge in [0.15, 0.2) is 0 Å². The van der Waals surface area contributed by atoms with Gasteiger partial charge in [0.2, 0.25) is 0 Å². The number of amides is 1. The number of aliphatic hydroxyl groups is 1. The number of hydrogen-bond acceptors (Lipinski definition) is 2. The van der Waals surface area contributed by atoms with Crippen molar-refractivity contribution in [1.82, 2.24) is 5.32 Å². The molecule has 102 valence electrons. The van der Waals surface area contributed by atoms with Gasteiger partial charge >= 0.3 is 0 Å². The molecule has 2 aliphatic carbocycles. The average Bonchev–Trinajstić information content (AvgIpc) is 2.35. The van der Waals surface area contributed by atoms with Gasteiger partial charge in [-0.3, -0.25) is 4.79 Å². The summed E-state index contributed by atoms with van der Waals surface area (Å²) in [6, 6.07) is -0.220. The van der Waals surface area contributed by atoms with E-state index in [1.54, 1.807) is 12.2 Å². The third kappa shape index (κ3) is 3.51. The van der Waals surface area contributed by atoms with Crippen LogP contribution in [0.25, 0.3) is 0 Å². The van der Waals surface area contributed by atoms with Crippen molar-refractivity contribution < 1.29 is 9.90 Å². The summed E-state index contributed by atoms with van der Waals surface area (Å²) < 4.78 is 0. The highest BCUT2D eigenvalue weighted by Crippen LogP contribution is 2.24. The number of carbonyl (C=O) groups is 1. The van der Waals surface area contributed by atoms with Crippen molar-refractivity contribution in [1.29, 1.82) is 0 Å². The van der Waals surface area contributed by atoms with Crippen LogP contribution < -0.4 is 5.32 Å². The molecule has 0 spiro atoms. The van der Waals surface area contributed by atoms with Crippen molar-refractivity contribution in [3.63, 3.8) is 0 Å². The number of alkyl halides is 1. The zero-order valence-electron chi connectivity index (χ0n) is 10.5. The van der Waals surface area contributed by atoms with E-state index >= 15 is 0 Å². The van der Waals surface area contributed by atoms with Crippen LogP contribution in [0.5, 0.6) is 0 Å². The van der Waals surface area contributed by atoms with Gasteiger partial charge in [0.1, 0.15) is 5.76 Å². The summed E-state index contributed by atoms with van der Waals surface area (Å²) in [5, 5.41) is 13.2. The second-order valence-electron chi connectivity index (χ2n) is 4.66. The number of carbonyl (C=O) groups excluding carboxylic acids is 1. The lowest BCUT2D eigenvalue weighted by Gasteiger charge is -2.22. The number of hydrogen-bond donors (Lipinski definition) is 2. The first-order valence-corrected chi connectivity index (χ1v) is 7.37. The van der Waals surface area contributed by atoms with E-state index in [-0.39, 0.29) is 22.5 Å². The quantitative estimate of drug-likeness (QED) is 0.754. The second-order valence-corrected chi connectivity index (χ2v) is 6.27. The maximum atomic E-state index is 12.1. The molecule has 0 aromatic rings. The molecule has 2 aliphatic rings. The lowest BCUT2D eigenvalue weighted by Crippen LogP contribution is -2.37. The van der Waals surface area contributed by atoms with E-state index in [0.29, 0.717) is 23.4 Å². The van der Waals surface area contributed by atoms with Crippen LogP contribution in [0.15, 0.2) is 46.2 Å². The molecule has 2 atom stereocenters. The highest BCUT2D eigenvalue weighted by atomic mass is 79.9. The van der Waals surface area contributed by atoms with Crippen LogP contribution in [0.2, 0.25) is 0 Å². The lowest BCUT2D eigenvalue weighted by atomic mass is 10.0. The summed E-state index contributed by atoms with van der Waals surface area (Å²) in [5.74, 6) is -0.279. The third-order valence-electron chi connectivity index (χ3n) is 3.08. The van der Waals surface area contributed by atoms with Crippen LogP contribution in [0.4, 0.5) is 0 Å². The molecule has 5 heteroatoms. The molecule has 0 aromatic heterocycles. The van der Waals surface area contributed by atoms with E-state index < -0.39 is 0 Å². The molecule has 0 aliphatic heterocycles. The Bertz CT molecular complexity index is 520. The fraction of sp³-hybridized carbons (Fsp3) is 0.357. The molecule has 2 rings (SSSR count). The Morgan fingerprint density at radius 2 is 2.21 bits per heavy atom. The predicted molar refractivity (Wildman–Crippen MR) is 80.4 cm³/mol. The summed E-state index contributed by atoms with van der Waals surface area (Å²) in [4.78, 5) is 12.2. The molecule has 0 saturated carbocycles. The van der Waals surface area contributed by atoms with Gasteiger partial charge in [-0.2, -0.15) is 0 Å². The number of nitrogens with one attached hydrogen (secondary N) is 1. The van der Waals surface area contributed by atoms with Gasteiger partial charge in [-0.25, -0.2) is 0 Å². The molecule has 0 fully saturated rings. The Hall–Kier alpha value is -1.00. The first kappa shape index (κ1) is 14.4. The molecule has 0 heterocycles. The van der Waals surface area contributed by atoms with Crippen LogP contribution >= 0.6 is 27.5 Å². The van der Waals surface area contributed by atoms with Crippen LogP contribution in [0, 0.1) is 0 Å². The van der Waals surface area contributed by atoms with Crippen LogP contribution in [0.1, 0.15) is 19.8 Å². The van der Waals surface area contributed by atoms with E-state index in [1.165, 1.54) is 0 Å². The molecule has 2 N–H and O–H groups in total. The van der Waals surface area contributed by atoms with Crippen molar-refractivity contribution in [3.05, 3.63) is 46.2 Å². The van der Waals surface area contributed by atoms with Crippen molar-refractivity contribution in [3.8, 4) is 0 Å². The maximum Gasteiger partial charge on any atom is 0.255 e. The molecule has 0 radical (unpaired) electrons. The van der Waals surface area contributed by atoms with Gasteiger partial charge in [-0.1, -0.05) is 45.3 Å². The smallest absolute Gasteiger partial charge is 0.255 e. The number of allylic oxidation sites excluding steroid dienone is 4. The minimum Gasteiger partial charge on any atom is -0.507 e. The van der Waals surface area contributed by atoms with Crippen molar-refractivity contribution in [2.24, 2.45) is 0 Å². The van der Waals surface area contributed by atoms with Gasteiger partial charge in [0.05, 0.1) is 11.6 Å². The minimum absolute atomic E-state index is 0.0239. The number of aliphatic hydroxyl groups excluding tert-OH is 1. The van der Waals surface area contributed by atoms with Crippen LogP contribution in [-0.4, -0.2) is 21.9 Å². The van der Waals surface area contributed by atoms with Crippen LogP contribution in [0.3, 0.4) is 0 Å². The van der Waals surface area contributed by atoms with Gasteiger partial charge in [-0.05, 0) is 31.9 Å². The summed E-state index contributed by atoms with van der Waals surface area (Å²) in [6.07, 6.45) is 8.56. The molecular weight excluding hydrogens is 330 g/mol. The fourth-order valence-electron chi connectivity index (χ4n) is 2.02. The summed E-state index contributed by atoms with van der Waals surface area (Å²) in [5.41, 5.74) is 1.39. The monoisotopic (exact) mass is 343 g/mol. The predicted octanol–water partition coefficient (Wildman–Crippen LogP) is 3.48. The molecule has 0 saturated heterocycles. The van der Waals surface area contributed by atoms with E-state index in [9.17, 15) is 9.90 Å². The standard InChI is InChI=1S/C14H15BrClNO2/c1-8-2-4-12(11(16)6-8)17-14(19)10-7-9(15)3-5-13(10)18/h2,5-7,9,12,18H,3-4H2,1H3,(H,17,19). The van der Waals surface area contributed by atoms with Gasteiger partial charge < -0.3 is 10.4 Å². The van der Waals surface area contributed by atoms with Crippen LogP contribution in [-0.2, 0) is 4.79 Å². The Labute approximate surface area is 125 Å². The molecule has 2 unspecified atom stereocenters. The zero-order chi connectivity index (χ0) is 14.0. The molecule has 19 heavy (non-hydrogen) atoms. The SMILES string of the molecule is CC1=CCC(NC(=O)C2=CC(Br)CC=C2O)C(Cl)=C1. The number of rotatable bonds is 2. The Morgan fingerprint density at radius 3 is 2.89 bits per heavy atom. The van der Waals surface area contributed by atoms with E-state index in [2.05, 4.69) is 21.2 Å². The van der Waals surface area contributed by atoms with E-state index in [0.717, 1.165) is 5.57 Å². The Morgan fingerprint density at radius 1 is 1.47 bits per heavy atom. The Balaban J connectivity index is 2.07. The summed E-state index contributed by atoms with van der Waals surface area (Å²) in [7, 11) is 0. The summed E-state index contributed by atoms with van der Waals surface area (Å²) in [6.45, 7) is 1.97. The lowest BCUT2D eigenvalue weighted by molar-refractivity contribution is -0.117. The van der Waals surface area contributed by atoms with Gasteiger partial charge in [0, 0.05) is 9.86 Å². The molecule has 0 aromatic carbocycles. The topological polar surface area (TPSA) is 49.3 Å². The maximum absolute atomic E-state index is 12.1. The van der Waals surface area contributed by atoms with E-state index in [1.807, 2.05) is 19.1 Å². The van der Waals surface area contributed by atoms with Crippen molar-refractivity contribution in [2.45, 2.75) is 30.6 Å². The number of halogens is 2. The Kier molecular flexibility index (Phi) is 4.53. The first-order valence-electron chi connectivity index (χ1n) is 6.07. The van der Waals surface area contributed by atoms with Gasteiger partial charge in [-0.15, -0.1) is 0 Å². The zero-order valence-corrected chi connectivity index (χ0v) is 12.8. The van der Waals surface area contributed by atoms with E-state index in [4.69, 9.17) is 11.6 Å². The highest BCUT2D eigenvalue weighted by Gasteiger charge is 2.23. The second kappa shape index (κ2) is 5.97. The average molecular weight is 345 g/mol. The molecule has 0 bridgehead atoms. The highest BCUT2D eigenvalue weighted by molar-refractivity contribution is 9.09. The molecular formula is C14H15BrClNO2. The third-order valence-corrected chi connectivity index (χ3v) is 4.09. The molecule has 3 nitrogen and oxygen atoms in total. The van der Waals surface area contributed by atoms with Gasteiger partial charge in [0.25, 0.3) is 5.91 Å². The molecule has 1 amide bonds. The minimum atomic E-state index is -0.303. The largest absolute Gasteiger partial charge is 0.507 e. The van der Waals surface area contributed by atoms with Crippen molar-refractivity contribution >= 4 is 33.4 Å². The normalized spacial score (nSPS) is 26.9.